The SMILES string of the molecule is COC(=O)CC(=O)N(C)C1CCCCC1. The number of carbonyl (C=O) groups excluding carboxylic acids is 2. The van der Waals surface area contributed by atoms with E-state index in [2.05, 4.69) is 4.74 Å². The van der Waals surface area contributed by atoms with Gasteiger partial charge in [0.15, 0.2) is 0 Å². The highest BCUT2D eigenvalue weighted by atomic mass is 16.5. The van der Waals surface area contributed by atoms with Crippen molar-refractivity contribution < 1.29 is 14.3 Å². The summed E-state index contributed by atoms with van der Waals surface area (Å²) < 4.78 is 4.47. The average molecular weight is 213 g/mol. The summed E-state index contributed by atoms with van der Waals surface area (Å²) in [6.07, 6.45) is 5.60. The number of esters is 1. The highest BCUT2D eigenvalue weighted by Gasteiger charge is 2.23. The van der Waals surface area contributed by atoms with Crippen molar-refractivity contribution in [3.63, 3.8) is 0 Å². The third-order valence-electron chi connectivity index (χ3n) is 3.04. The molecular formula is C11H19NO3. The predicted molar refractivity (Wildman–Crippen MR) is 56.3 cm³/mol. The van der Waals surface area contributed by atoms with Gasteiger partial charge in [0.05, 0.1) is 7.11 Å². The smallest absolute Gasteiger partial charge is 0.315 e. The van der Waals surface area contributed by atoms with E-state index in [9.17, 15) is 9.59 Å². The summed E-state index contributed by atoms with van der Waals surface area (Å²) in [6.45, 7) is 0. The van der Waals surface area contributed by atoms with Crippen LogP contribution in [0.1, 0.15) is 38.5 Å². The summed E-state index contributed by atoms with van der Waals surface area (Å²) in [7, 11) is 3.08. The van der Waals surface area contributed by atoms with E-state index in [0.29, 0.717) is 6.04 Å². The van der Waals surface area contributed by atoms with Crippen LogP contribution in [0, 0.1) is 0 Å². The van der Waals surface area contributed by atoms with E-state index < -0.39 is 5.97 Å². The maximum absolute atomic E-state index is 11.6. The lowest BCUT2D eigenvalue weighted by Gasteiger charge is -2.31. The molecule has 1 aliphatic carbocycles. The molecule has 0 atom stereocenters. The third kappa shape index (κ3) is 3.53. The van der Waals surface area contributed by atoms with Crippen LogP contribution in [-0.2, 0) is 14.3 Å². The van der Waals surface area contributed by atoms with Crippen molar-refractivity contribution in [3.05, 3.63) is 0 Å². The molecule has 0 bridgehead atoms. The van der Waals surface area contributed by atoms with E-state index in [-0.39, 0.29) is 12.3 Å². The van der Waals surface area contributed by atoms with Crippen molar-refractivity contribution >= 4 is 11.9 Å². The second-order valence-electron chi connectivity index (χ2n) is 4.05. The Hall–Kier alpha value is -1.06. The molecule has 0 N–H and O–H groups in total. The van der Waals surface area contributed by atoms with Crippen molar-refractivity contribution in [3.8, 4) is 0 Å². The lowest BCUT2D eigenvalue weighted by Crippen LogP contribution is -2.39. The Morgan fingerprint density at radius 1 is 1.27 bits per heavy atom. The first-order chi connectivity index (χ1) is 7.15. The molecule has 1 rings (SSSR count). The first-order valence-electron chi connectivity index (χ1n) is 5.47. The van der Waals surface area contributed by atoms with Crippen LogP contribution >= 0.6 is 0 Å². The van der Waals surface area contributed by atoms with Crippen LogP contribution in [0.3, 0.4) is 0 Å². The van der Waals surface area contributed by atoms with Gasteiger partial charge in [-0.2, -0.15) is 0 Å². The van der Waals surface area contributed by atoms with Gasteiger partial charge in [-0.15, -0.1) is 0 Å². The van der Waals surface area contributed by atoms with Gasteiger partial charge in [0.1, 0.15) is 6.42 Å². The highest BCUT2D eigenvalue weighted by molar-refractivity contribution is 5.94. The molecule has 15 heavy (non-hydrogen) atoms. The first kappa shape index (κ1) is 12.0. The van der Waals surface area contributed by atoms with Crippen LogP contribution in [0.5, 0.6) is 0 Å². The minimum absolute atomic E-state index is 0.131. The molecule has 0 aromatic carbocycles. The number of carbonyl (C=O) groups is 2. The summed E-state index contributed by atoms with van der Waals surface area (Å²) in [5.41, 5.74) is 0. The Balaban J connectivity index is 2.40. The van der Waals surface area contributed by atoms with Crippen LogP contribution in [0.2, 0.25) is 0 Å². The normalized spacial score (nSPS) is 17.2. The first-order valence-corrected chi connectivity index (χ1v) is 5.47. The maximum Gasteiger partial charge on any atom is 0.315 e. The average Bonchev–Trinajstić information content (AvgIpc) is 2.29. The van der Waals surface area contributed by atoms with Crippen LogP contribution in [0.25, 0.3) is 0 Å². The van der Waals surface area contributed by atoms with E-state index in [1.807, 2.05) is 0 Å². The number of hydrogen-bond donors (Lipinski definition) is 0. The Morgan fingerprint density at radius 3 is 2.40 bits per heavy atom. The number of methoxy groups -OCH3 is 1. The van der Waals surface area contributed by atoms with Crippen LogP contribution in [0.4, 0.5) is 0 Å². The monoisotopic (exact) mass is 213 g/mol. The zero-order chi connectivity index (χ0) is 11.3. The van der Waals surface area contributed by atoms with Gasteiger partial charge in [-0.3, -0.25) is 9.59 Å². The lowest BCUT2D eigenvalue weighted by molar-refractivity contribution is -0.147. The predicted octanol–water partition coefficient (Wildman–Crippen LogP) is 1.34. The molecule has 1 aliphatic rings. The van der Waals surface area contributed by atoms with Crippen molar-refractivity contribution in [1.29, 1.82) is 0 Å². The standard InChI is InChI=1S/C11H19NO3/c1-12(9-6-4-3-5-7-9)10(13)8-11(14)15-2/h9H,3-8H2,1-2H3. The van der Waals surface area contributed by atoms with Crippen molar-refractivity contribution in [1.82, 2.24) is 4.90 Å². The second kappa shape index (κ2) is 5.73. The van der Waals surface area contributed by atoms with E-state index in [1.54, 1.807) is 11.9 Å². The fourth-order valence-corrected chi connectivity index (χ4v) is 1.99. The molecule has 0 unspecified atom stereocenters. The Morgan fingerprint density at radius 2 is 1.87 bits per heavy atom. The van der Waals surface area contributed by atoms with Gasteiger partial charge < -0.3 is 9.64 Å². The molecule has 0 aromatic rings. The topological polar surface area (TPSA) is 46.6 Å². The van der Waals surface area contributed by atoms with Gasteiger partial charge in [0, 0.05) is 13.1 Å². The van der Waals surface area contributed by atoms with E-state index in [4.69, 9.17) is 0 Å². The molecule has 0 aromatic heterocycles. The van der Waals surface area contributed by atoms with Gasteiger partial charge in [-0.1, -0.05) is 19.3 Å². The van der Waals surface area contributed by atoms with Crippen LogP contribution in [-0.4, -0.2) is 37.0 Å². The van der Waals surface area contributed by atoms with Crippen molar-refractivity contribution in [2.24, 2.45) is 0 Å². The molecule has 4 heteroatoms. The van der Waals surface area contributed by atoms with E-state index in [0.717, 1.165) is 12.8 Å². The molecule has 0 radical (unpaired) electrons. The van der Waals surface area contributed by atoms with Gasteiger partial charge in [0.25, 0.3) is 0 Å². The molecular weight excluding hydrogens is 194 g/mol. The fourth-order valence-electron chi connectivity index (χ4n) is 1.99. The quantitative estimate of drug-likeness (QED) is 0.525. The molecule has 0 aliphatic heterocycles. The molecule has 1 saturated carbocycles. The molecule has 86 valence electrons. The van der Waals surface area contributed by atoms with Gasteiger partial charge >= 0.3 is 5.97 Å². The maximum atomic E-state index is 11.6. The summed E-state index contributed by atoms with van der Waals surface area (Å²) in [6, 6.07) is 0.316. The van der Waals surface area contributed by atoms with E-state index in [1.165, 1.54) is 26.4 Å². The van der Waals surface area contributed by atoms with Crippen molar-refractivity contribution in [2.45, 2.75) is 44.6 Å². The summed E-state index contributed by atoms with van der Waals surface area (Å²) >= 11 is 0. The number of amides is 1. The van der Waals surface area contributed by atoms with Crippen LogP contribution < -0.4 is 0 Å². The highest BCUT2D eigenvalue weighted by Crippen LogP contribution is 2.21. The second-order valence-corrected chi connectivity index (χ2v) is 4.05. The summed E-state index contributed by atoms with van der Waals surface area (Å²) in [5.74, 6) is -0.587. The summed E-state index contributed by atoms with van der Waals surface area (Å²) in [5, 5.41) is 0. The fraction of sp³-hybridized carbons (Fsp3) is 0.818. The lowest BCUT2D eigenvalue weighted by atomic mass is 9.94. The van der Waals surface area contributed by atoms with Crippen LogP contribution in [0.15, 0.2) is 0 Å². The molecule has 0 saturated heterocycles. The Kier molecular flexibility index (Phi) is 4.59. The largest absolute Gasteiger partial charge is 0.469 e. The molecule has 1 amide bonds. The minimum Gasteiger partial charge on any atom is -0.469 e. The zero-order valence-corrected chi connectivity index (χ0v) is 9.49. The number of hydrogen-bond acceptors (Lipinski definition) is 3. The van der Waals surface area contributed by atoms with Gasteiger partial charge in [-0.05, 0) is 12.8 Å². The third-order valence-corrected chi connectivity index (χ3v) is 3.04. The molecule has 4 nitrogen and oxygen atoms in total. The molecule has 0 heterocycles. The number of rotatable bonds is 3. The molecule has 1 fully saturated rings. The molecule has 0 spiro atoms. The number of nitrogens with zero attached hydrogens (tertiary/aromatic N) is 1. The van der Waals surface area contributed by atoms with Crippen molar-refractivity contribution in [2.75, 3.05) is 14.2 Å². The minimum atomic E-state index is -0.456. The zero-order valence-electron chi connectivity index (χ0n) is 9.49. The van der Waals surface area contributed by atoms with E-state index >= 15 is 0 Å². The van der Waals surface area contributed by atoms with Gasteiger partial charge in [-0.25, -0.2) is 0 Å². The Bertz CT molecular complexity index is 234. The summed E-state index contributed by atoms with van der Waals surface area (Å²) in [4.78, 5) is 24.3. The van der Waals surface area contributed by atoms with Gasteiger partial charge in [0.2, 0.25) is 5.91 Å². The Labute approximate surface area is 90.6 Å². The number of ether oxygens (including phenoxy) is 1.